The molecule has 0 fully saturated rings. The number of nitrogen functional groups attached to an aromatic ring is 1. The fraction of sp³-hybridized carbons (Fsp3) is 0.176. The van der Waals surface area contributed by atoms with Crippen molar-refractivity contribution < 1.29 is 13.9 Å². The number of anilines is 2. The van der Waals surface area contributed by atoms with E-state index in [0.29, 0.717) is 17.0 Å². The van der Waals surface area contributed by atoms with Crippen LogP contribution in [-0.2, 0) is 0 Å². The van der Waals surface area contributed by atoms with E-state index in [0.717, 1.165) is 0 Å². The number of nitrogens with one attached hydrogen (secondary N) is 1. The molecule has 5 N–H and O–H groups in total. The number of halogens is 1. The number of methoxy groups -OCH3 is 1. The van der Waals surface area contributed by atoms with Crippen LogP contribution in [0.3, 0.4) is 0 Å². The van der Waals surface area contributed by atoms with Crippen LogP contribution in [0, 0.1) is 5.82 Å². The molecule has 0 saturated heterocycles. The molecule has 0 aliphatic rings. The summed E-state index contributed by atoms with van der Waals surface area (Å²) in [4.78, 5) is 20.0. The highest BCUT2D eigenvalue weighted by Gasteiger charge is 2.18. The van der Waals surface area contributed by atoms with Crippen LogP contribution in [0.5, 0.6) is 5.75 Å². The number of amides is 1. The number of hydrogen-bond donors (Lipinski definition) is 3. The molecule has 27 heavy (non-hydrogen) atoms. The number of ether oxygens (including phenoxy) is 1. The monoisotopic (exact) mass is 371 g/mol. The molecule has 0 bridgehead atoms. The summed E-state index contributed by atoms with van der Waals surface area (Å²) >= 11 is 0. The van der Waals surface area contributed by atoms with Gasteiger partial charge in [0.05, 0.1) is 25.0 Å². The van der Waals surface area contributed by atoms with E-state index in [-0.39, 0.29) is 18.1 Å². The van der Waals surface area contributed by atoms with Crippen molar-refractivity contribution in [3.63, 3.8) is 0 Å². The van der Waals surface area contributed by atoms with Gasteiger partial charge in [-0.1, -0.05) is 0 Å². The van der Waals surface area contributed by atoms with E-state index in [4.69, 9.17) is 16.2 Å². The van der Waals surface area contributed by atoms with Crippen molar-refractivity contribution in [1.82, 2.24) is 19.7 Å². The minimum atomic E-state index is -0.517. The average Bonchev–Trinajstić information content (AvgIpc) is 3.10. The van der Waals surface area contributed by atoms with Crippen LogP contribution < -0.4 is 21.5 Å². The largest absolute Gasteiger partial charge is 0.497 e. The Hall–Kier alpha value is -3.53. The summed E-state index contributed by atoms with van der Waals surface area (Å²) in [6, 6.07) is 3.87. The van der Waals surface area contributed by atoms with Crippen LogP contribution in [0.15, 0.2) is 43.0 Å². The van der Waals surface area contributed by atoms with Gasteiger partial charge in [0.1, 0.15) is 11.6 Å². The van der Waals surface area contributed by atoms with Gasteiger partial charge >= 0.3 is 0 Å². The van der Waals surface area contributed by atoms with Crippen LogP contribution in [0.2, 0.25) is 0 Å². The molecule has 140 valence electrons. The van der Waals surface area contributed by atoms with Crippen molar-refractivity contribution in [1.29, 1.82) is 0 Å². The predicted molar refractivity (Wildman–Crippen MR) is 96.8 cm³/mol. The number of benzene rings is 1. The van der Waals surface area contributed by atoms with Crippen LogP contribution >= 0.6 is 0 Å². The van der Waals surface area contributed by atoms with Crippen molar-refractivity contribution in [3.8, 4) is 5.75 Å². The Morgan fingerprint density at radius 1 is 1.33 bits per heavy atom. The third kappa shape index (κ3) is 4.01. The van der Waals surface area contributed by atoms with E-state index in [1.54, 1.807) is 12.3 Å². The number of carbonyl (C=O) groups is 1. The topological polar surface area (TPSA) is 134 Å². The molecule has 0 aliphatic carbocycles. The second-order valence-corrected chi connectivity index (χ2v) is 5.63. The molecule has 10 heteroatoms. The zero-order valence-corrected chi connectivity index (χ0v) is 14.5. The molecule has 0 aliphatic heterocycles. The SMILES string of the molecule is COc1cc(F)cc(C(CN)n2cc(NC(=O)c3nccnc3N)cn2)c1. The number of nitrogens with zero attached hydrogens (tertiary/aromatic N) is 4. The second-order valence-electron chi connectivity index (χ2n) is 5.63. The number of hydrogen-bond acceptors (Lipinski definition) is 7. The number of rotatable bonds is 6. The van der Waals surface area contributed by atoms with Gasteiger partial charge in [0.2, 0.25) is 0 Å². The standard InChI is InChI=1S/C17H18FN7O2/c1-27-13-5-10(4-11(18)6-13)14(7-19)25-9-12(8-23-25)24-17(26)15-16(20)22-3-2-21-15/h2-6,8-9,14H,7,19H2,1H3,(H2,20,22)(H,24,26). The van der Waals surface area contributed by atoms with Gasteiger partial charge in [0.15, 0.2) is 11.5 Å². The van der Waals surface area contributed by atoms with Crippen LogP contribution in [0.25, 0.3) is 0 Å². The lowest BCUT2D eigenvalue weighted by molar-refractivity contribution is 0.102. The Labute approximate surface area is 154 Å². The highest BCUT2D eigenvalue weighted by atomic mass is 19.1. The highest BCUT2D eigenvalue weighted by Crippen LogP contribution is 2.24. The Bertz CT molecular complexity index is 960. The molecule has 1 aromatic carbocycles. The van der Waals surface area contributed by atoms with Crippen LogP contribution in [0.4, 0.5) is 15.9 Å². The third-order valence-electron chi connectivity index (χ3n) is 3.86. The van der Waals surface area contributed by atoms with Gasteiger partial charge in [0.25, 0.3) is 5.91 Å². The Balaban J connectivity index is 1.82. The minimum Gasteiger partial charge on any atom is -0.497 e. The van der Waals surface area contributed by atoms with Crippen molar-refractivity contribution in [2.45, 2.75) is 6.04 Å². The first-order chi connectivity index (χ1) is 13.0. The molecule has 2 heterocycles. The first-order valence-electron chi connectivity index (χ1n) is 7.98. The molecular formula is C17H18FN7O2. The van der Waals surface area contributed by atoms with E-state index in [1.165, 1.54) is 42.5 Å². The molecular weight excluding hydrogens is 353 g/mol. The molecule has 0 radical (unpaired) electrons. The smallest absolute Gasteiger partial charge is 0.278 e. The maximum Gasteiger partial charge on any atom is 0.278 e. The first kappa shape index (κ1) is 18.3. The number of nitrogens with two attached hydrogens (primary N) is 2. The normalized spacial score (nSPS) is 11.8. The quantitative estimate of drug-likeness (QED) is 0.593. The lowest BCUT2D eigenvalue weighted by Crippen LogP contribution is -2.21. The van der Waals surface area contributed by atoms with Crippen molar-refractivity contribution in [3.05, 3.63) is 60.1 Å². The molecule has 1 amide bonds. The molecule has 1 atom stereocenters. The molecule has 2 aromatic heterocycles. The fourth-order valence-corrected chi connectivity index (χ4v) is 2.58. The van der Waals surface area contributed by atoms with Gasteiger partial charge in [-0.2, -0.15) is 5.10 Å². The summed E-state index contributed by atoms with van der Waals surface area (Å²) in [5.41, 5.74) is 12.5. The lowest BCUT2D eigenvalue weighted by Gasteiger charge is -2.17. The van der Waals surface area contributed by atoms with Crippen molar-refractivity contribution >= 4 is 17.4 Å². The molecule has 0 saturated carbocycles. The summed E-state index contributed by atoms with van der Waals surface area (Å²) in [6.45, 7) is 0.165. The van der Waals surface area contributed by atoms with Gasteiger partial charge in [-0.25, -0.2) is 14.4 Å². The molecule has 3 rings (SSSR count). The maximum absolute atomic E-state index is 13.8. The van der Waals surface area contributed by atoms with Gasteiger partial charge < -0.3 is 21.5 Å². The van der Waals surface area contributed by atoms with E-state index in [9.17, 15) is 9.18 Å². The third-order valence-corrected chi connectivity index (χ3v) is 3.86. The van der Waals surface area contributed by atoms with Gasteiger partial charge in [-0.05, 0) is 17.7 Å². The van der Waals surface area contributed by atoms with Crippen molar-refractivity contribution in [2.75, 3.05) is 24.7 Å². The fourth-order valence-electron chi connectivity index (χ4n) is 2.58. The predicted octanol–water partition coefficient (Wildman–Crippen LogP) is 1.20. The molecule has 1 unspecified atom stereocenters. The summed E-state index contributed by atoms with van der Waals surface area (Å²) in [7, 11) is 1.45. The molecule has 3 aromatic rings. The van der Waals surface area contributed by atoms with Crippen molar-refractivity contribution in [2.24, 2.45) is 5.73 Å². The van der Waals surface area contributed by atoms with E-state index in [2.05, 4.69) is 20.4 Å². The van der Waals surface area contributed by atoms with Gasteiger partial charge in [-0.3, -0.25) is 9.48 Å². The lowest BCUT2D eigenvalue weighted by atomic mass is 10.1. The second kappa shape index (κ2) is 7.79. The molecule has 0 spiro atoms. The Morgan fingerprint density at radius 3 is 2.81 bits per heavy atom. The summed E-state index contributed by atoms with van der Waals surface area (Å²) in [5.74, 6) is -0.560. The van der Waals surface area contributed by atoms with Gasteiger partial charge in [-0.15, -0.1) is 0 Å². The van der Waals surface area contributed by atoms with Crippen LogP contribution in [0.1, 0.15) is 22.1 Å². The first-order valence-corrected chi connectivity index (χ1v) is 7.98. The summed E-state index contributed by atoms with van der Waals surface area (Å²) in [5, 5.41) is 6.85. The minimum absolute atomic E-state index is 0.00971. The average molecular weight is 371 g/mol. The number of aromatic nitrogens is 4. The maximum atomic E-state index is 13.8. The zero-order valence-electron chi connectivity index (χ0n) is 14.5. The Morgan fingerprint density at radius 2 is 2.11 bits per heavy atom. The van der Waals surface area contributed by atoms with E-state index < -0.39 is 17.8 Å². The number of carbonyl (C=O) groups excluding carboxylic acids is 1. The summed E-state index contributed by atoms with van der Waals surface area (Å²) < 4.78 is 20.4. The summed E-state index contributed by atoms with van der Waals surface area (Å²) in [6.07, 6.45) is 5.79. The van der Waals surface area contributed by atoms with Gasteiger partial charge in [0, 0.05) is 31.2 Å². The van der Waals surface area contributed by atoms with E-state index >= 15 is 0 Å². The van der Waals surface area contributed by atoms with E-state index in [1.807, 2.05) is 0 Å². The highest BCUT2D eigenvalue weighted by molar-refractivity contribution is 6.05. The Kier molecular flexibility index (Phi) is 5.27. The molecule has 9 nitrogen and oxygen atoms in total. The zero-order chi connectivity index (χ0) is 19.4. The van der Waals surface area contributed by atoms with Crippen LogP contribution in [-0.4, -0.2) is 39.3 Å².